The second kappa shape index (κ2) is 7.36. The highest BCUT2D eigenvalue weighted by Crippen LogP contribution is 2.27. The maximum absolute atomic E-state index is 13.1. The normalized spacial score (nSPS) is 18.7. The largest absolute Gasteiger partial charge is 0.356 e. The number of hydrogen-bond acceptors (Lipinski definition) is 6. The number of benzene rings is 1. The fourth-order valence-electron chi connectivity index (χ4n) is 3.23. The van der Waals surface area contributed by atoms with Crippen molar-refractivity contribution in [2.45, 2.75) is 11.8 Å². The number of piperazine rings is 1. The Labute approximate surface area is 157 Å². The maximum atomic E-state index is 13.1. The molecule has 8 nitrogen and oxygen atoms in total. The monoisotopic (exact) mass is 397 g/mol. The van der Waals surface area contributed by atoms with Crippen LogP contribution in [0, 0.1) is 0 Å². The predicted octanol–water partition coefficient (Wildman–Crippen LogP) is 1.46. The first kappa shape index (κ1) is 18.8. The number of aryl methyl sites for hydroxylation is 1. The SMILES string of the molecule is Cl.Cn1ccnc1C1CNCCN1S(=O)(=O)Cc1noc2ccccc12. The lowest BCUT2D eigenvalue weighted by Gasteiger charge is -2.34. The van der Waals surface area contributed by atoms with Crippen LogP contribution in [0.15, 0.2) is 41.2 Å². The van der Waals surface area contributed by atoms with Gasteiger partial charge in [0.05, 0.1) is 6.04 Å². The first-order valence-corrected chi connectivity index (χ1v) is 9.68. The summed E-state index contributed by atoms with van der Waals surface area (Å²) in [6.07, 6.45) is 3.50. The molecular weight excluding hydrogens is 378 g/mol. The predicted molar refractivity (Wildman–Crippen MR) is 99.4 cm³/mol. The van der Waals surface area contributed by atoms with Crippen molar-refractivity contribution >= 4 is 33.4 Å². The van der Waals surface area contributed by atoms with Crippen LogP contribution in [0.2, 0.25) is 0 Å². The van der Waals surface area contributed by atoms with Crippen molar-refractivity contribution in [1.29, 1.82) is 0 Å². The average Bonchev–Trinajstić information content (AvgIpc) is 3.21. The van der Waals surface area contributed by atoms with E-state index in [-0.39, 0.29) is 24.2 Å². The van der Waals surface area contributed by atoms with Gasteiger partial charge in [0.1, 0.15) is 17.3 Å². The van der Waals surface area contributed by atoms with E-state index >= 15 is 0 Å². The van der Waals surface area contributed by atoms with Gasteiger partial charge in [-0.3, -0.25) is 0 Å². The van der Waals surface area contributed by atoms with Crippen molar-refractivity contribution in [3.63, 3.8) is 0 Å². The molecule has 3 aromatic rings. The summed E-state index contributed by atoms with van der Waals surface area (Å²) in [4.78, 5) is 4.33. The number of nitrogens with one attached hydrogen (secondary N) is 1. The molecule has 1 unspecified atom stereocenters. The number of nitrogens with zero attached hydrogens (tertiary/aromatic N) is 4. The molecule has 140 valence electrons. The lowest BCUT2D eigenvalue weighted by Crippen LogP contribution is -2.49. The number of aromatic nitrogens is 3. The van der Waals surface area contributed by atoms with E-state index in [1.54, 1.807) is 12.3 Å². The summed E-state index contributed by atoms with van der Waals surface area (Å²) in [6.45, 7) is 1.54. The third-order valence-electron chi connectivity index (χ3n) is 4.48. The number of sulfonamides is 1. The molecule has 1 aliphatic rings. The zero-order valence-corrected chi connectivity index (χ0v) is 15.8. The Morgan fingerprint density at radius 3 is 2.92 bits per heavy atom. The molecule has 1 atom stereocenters. The lowest BCUT2D eigenvalue weighted by atomic mass is 10.2. The Morgan fingerprint density at radius 2 is 2.15 bits per heavy atom. The molecule has 1 aliphatic heterocycles. The Kier molecular flexibility index (Phi) is 5.33. The van der Waals surface area contributed by atoms with Crippen molar-refractivity contribution < 1.29 is 12.9 Å². The van der Waals surface area contributed by atoms with Crippen LogP contribution < -0.4 is 5.32 Å². The minimum atomic E-state index is -3.57. The Morgan fingerprint density at radius 1 is 1.35 bits per heavy atom. The van der Waals surface area contributed by atoms with Crippen LogP contribution in [-0.2, 0) is 22.8 Å². The molecule has 0 radical (unpaired) electrons. The van der Waals surface area contributed by atoms with Gasteiger partial charge >= 0.3 is 0 Å². The number of hydrogen-bond donors (Lipinski definition) is 1. The van der Waals surface area contributed by atoms with E-state index in [4.69, 9.17) is 4.52 Å². The van der Waals surface area contributed by atoms with E-state index < -0.39 is 10.0 Å². The second-order valence-corrected chi connectivity index (χ2v) is 8.03. The smallest absolute Gasteiger partial charge is 0.220 e. The summed E-state index contributed by atoms with van der Waals surface area (Å²) in [5.74, 6) is 0.533. The molecular formula is C16H20ClN5O3S. The van der Waals surface area contributed by atoms with Crippen LogP contribution in [-0.4, -0.2) is 47.1 Å². The summed E-state index contributed by atoms with van der Waals surface area (Å²) in [7, 11) is -1.70. The van der Waals surface area contributed by atoms with E-state index in [0.717, 1.165) is 11.2 Å². The number of halogens is 1. The van der Waals surface area contributed by atoms with Crippen LogP contribution in [0.4, 0.5) is 0 Å². The third-order valence-corrected chi connectivity index (χ3v) is 6.27. The van der Waals surface area contributed by atoms with Crippen molar-refractivity contribution in [3.8, 4) is 0 Å². The molecule has 26 heavy (non-hydrogen) atoms. The summed E-state index contributed by atoms with van der Waals surface area (Å²) >= 11 is 0. The standard InChI is InChI=1S/C16H19N5O3S.ClH/c1-20-8-7-18-16(20)14-10-17-6-9-21(14)25(22,23)11-13-12-4-2-3-5-15(12)24-19-13;/h2-5,7-8,14,17H,6,9-11H2,1H3;1H. The zero-order chi connectivity index (χ0) is 17.4. The minimum Gasteiger partial charge on any atom is -0.356 e. The van der Waals surface area contributed by atoms with Gasteiger partial charge < -0.3 is 14.4 Å². The second-order valence-electron chi connectivity index (χ2n) is 6.11. The van der Waals surface area contributed by atoms with E-state index in [1.165, 1.54) is 4.31 Å². The van der Waals surface area contributed by atoms with Gasteiger partial charge in [-0.15, -0.1) is 12.4 Å². The first-order valence-electron chi connectivity index (χ1n) is 8.07. The maximum Gasteiger partial charge on any atom is 0.220 e. The van der Waals surface area contributed by atoms with Crippen LogP contribution in [0.1, 0.15) is 17.6 Å². The highest BCUT2D eigenvalue weighted by atomic mass is 35.5. The van der Waals surface area contributed by atoms with Crippen molar-refractivity contribution in [2.75, 3.05) is 19.6 Å². The molecule has 0 bridgehead atoms. The van der Waals surface area contributed by atoms with Gasteiger partial charge in [-0.2, -0.15) is 4.31 Å². The first-order chi connectivity index (χ1) is 12.1. The van der Waals surface area contributed by atoms with Crippen LogP contribution in [0.3, 0.4) is 0 Å². The molecule has 0 amide bonds. The van der Waals surface area contributed by atoms with Crippen molar-refractivity contribution in [1.82, 2.24) is 24.3 Å². The van der Waals surface area contributed by atoms with Crippen molar-refractivity contribution in [3.05, 3.63) is 48.2 Å². The van der Waals surface area contributed by atoms with E-state index in [0.29, 0.717) is 30.9 Å². The van der Waals surface area contributed by atoms with Gasteiger partial charge in [-0.05, 0) is 12.1 Å². The number of para-hydroxylation sites is 1. The topological polar surface area (TPSA) is 93.3 Å². The Hall–Kier alpha value is -1.94. The fraction of sp³-hybridized carbons (Fsp3) is 0.375. The number of fused-ring (bicyclic) bond motifs is 1. The highest BCUT2D eigenvalue weighted by Gasteiger charge is 2.36. The van der Waals surface area contributed by atoms with Gasteiger partial charge in [-0.25, -0.2) is 13.4 Å². The molecule has 3 heterocycles. The van der Waals surface area contributed by atoms with Gasteiger partial charge in [0.2, 0.25) is 10.0 Å². The van der Waals surface area contributed by atoms with E-state index in [9.17, 15) is 8.42 Å². The van der Waals surface area contributed by atoms with Gasteiger partial charge in [0, 0.05) is 44.5 Å². The molecule has 4 rings (SSSR count). The Balaban J connectivity index is 0.00000196. The summed E-state index contributed by atoms with van der Waals surface area (Å²) in [5.41, 5.74) is 1.03. The minimum absolute atomic E-state index is 0. The summed E-state index contributed by atoms with van der Waals surface area (Å²) in [6, 6.07) is 6.94. The average molecular weight is 398 g/mol. The van der Waals surface area contributed by atoms with Gasteiger partial charge in [0.15, 0.2) is 5.58 Å². The molecule has 0 spiro atoms. The molecule has 1 aromatic carbocycles. The lowest BCUT2D eigenvalue weighted by molar-refractivity contribution is 0.258. The number of rotatable bonds is 4. The third kappa shape index (κ3) is 3.35. The van der Waals surface area contributed by atoms with Crippen LogP contribution in [0.25, 0.3) is 11.0 Å². The summed E-state index contributed by atoms with van der Waals surface area (Å²) < 4.78 is 34.8. The highest BCUT2D eigenvalue weighted by molar-refractivity contribution is 7.88. The van der Waals surface area contributed by atoms with Crippen LogP contribution in [0.5, 0.6) is 0 Å². The fourth-order valence-corrected chi connectivity index (χ4v) is 4.88. The molecule has 2 aromatic heterocycles. The van der Waals surface area contributed by atoms with Gasteiger partial charge in [-0.1, -0.05) is 17.3 Å². The molecule has 1 fully saturated rings. The van der Waals surface area contributed by atoms with Crippen LogP contribution >= 0.6 is 12.4 Å². The molecule has 0 aliphatic carbocycles. The molecule has 1 N–H and O–H groups in total. The molecule has 1 saturated heterocycles. The van der Waals surface area contributed by atoms with Crippen molar-refractivity contribution in [2.24, 2.45) is 7.05 Å². The Bertz CT molecular complexity index is 1000. The summed E-state index contributed by atoms with van der Waals surface area (Å²) in [5, 5.41) is 7.94. The number of imidazole rings is 1. The quantitative estimate of drug-likeness (QED) is 0.716. The van der Waals surface area contributed by atoms with E-state index in [1.807, 2.05) is 36.0 Å². The van der Waals surface area contributed by atoms with E-state index in [2.05, 4.69) is 15.5 Å². The molecule has 10 heteroatoms. The zero-order valence-electron chi connectivity index (χ0n) is 14.2. The molecule has 0 saturated carbocycles. The van der Waals surface area contributed by atoms with Gasteiger partial charge in [0.25, 0.3) is 0 Å².